The molecule has 0 saturated heterocycles. The predicted octanol–water partition coefficient (Wildman–Crippen LogP) is 3.37. The van der Waals surface area contributed by atoms with Crippen LogP contribution in [0.15, 0.2) is 35.7 Å². The second-order valence-electron chi connectivity index (χ2n) is 4.33. The Morgan fingerprint density at radius 1 is 1.17 bits per heavy atom. The molecule has 18 heavy (non-hydrogen) atoms. The maximum absolute atomic E-state index is 12.0. The van der Waals surface area contributed by atoms with Gasteiger partial charge in [0.05, 0.1) is 4.88 Å². The van der Waals surface area contributed by atoms with Crippen LogP contribution in [0.4, 0.5) is 11.4 Å². The molecule has 0 aliphatic rings. The SMILES string of the molecule is Cc1ccsc1C(=O)Nc1ccc(N(C)C)cc1. The molecular weight excluding hydrogens is 244 g/mol. The quantitative estimate of drug-likeness (QED) is 0.917. The van der Waals surface area contributed by atoms with Crippen molar-refractivity contribution >= 4 is 28.6 Å². The maximum atomic E-state index is 12.0. The summed E-state index contributed by atoms with van der Waals surface area (Å²) in [6.07, 6.45) is 0. The molecule has 2 aromatic rings. The molecule has 0 unspecified atom stereocenters. The molecule has 4 heteroatoms. The van der Waals surface area contributed by atoms with Crippen LogP contribution in [0, 0.1) is 6.92 Å². The number of nitrogens with one attached hydrogen (secondary N) is 1. The molecule has 1 amide bonds. The average molecular weight is 260 g/mol. The van der Waals surface area contributed by atoms with E-state index in [0.717, 1.165) is 21.8 Å². The summed E-state index contributed by atoms with van der Waals surface area (Å²) in [5, 5.41) is 4.83. The molecule has 3 nitrogen and oxygen atoms in total. The molecule has 0 spiro atoms. The highest BCUT2D eigenvalue weighted by atomic mass is 32.1. The van der Waals surface area contributed by atoms with E-state index in [1.165, 1.54) is 11.3 Å². The smallest absolute Gasteiger partial charge is 0.265 e. The van der Waals surface area contributed by atoms with E-state index in [-0.39, 0.29) is 5.91 Å². The summed E-state index contributed by atoms with van der Waals surface area (Å²) >= 11 is 1.46. The second-order valence-corrected chi connectivity index (χ2v) is 5.24. The third-order valence-corrected chi connectivity index (χ3v) is 3.73. The van der Waals surface area contributed by atoms with Crippen LogP contribution in [-0.2, 0) is 0 Å². The molecule has 1 aromatic heterocycles. The van der Waals surface area contributed by atoms with E-state index in [4.69, 9.17) is 0 Å². The van der Waals surface area contributed by atoms with Gasteiger partial charge in [0, 0.05) is 25.5 Å². The van der Waals surface area contributed by atoms with Crippen LogP contribution < -0.4 is 10.2 Å². The zero-order valence-corrected chi connectivity index (χ0v) is 11.5. The minimum Gasteiger partial charge on any atom is -0.378 e. The van der Waals surface area contributed by atoms with Gasteiger partial charge in [-0.1, -0.05) is 0 Å². The van der Waals surface area contributed by atoms with Crippen LogP contribution in [0.25, 0.3) is 0 Å². The molecule has 0 aliphatic heterocycles. The molecule has 0 radical (unpaired) electrons. The number of hydrogen-bond donors (Lipinski definition) is 1. The Morgan fingerprint density at radius 2 is 1.83 bits per heavy atom. The highest BCUT2D eigenvalue weighted by Gasteiger charge is 2.10. The van der Waals surface area contributed by atoms with Crippen molar-refractivity contribution in [3.05, 3.63) is 46.2 Å². The lowest BCUT2D eigenvalue weighted by Crippen LogP contribution is -2.12. The first-order chi connectivity index (χ1) is 8.58. The number of carbonyl (C=O) groups excluding carboxylic acids is 1. The molecule has 1 aromatic carbocycles. The van der Waals surface area contributed by atoms with Crippen LogP contribution in [-0.4, -0.2) is 20.0 Å². The Balaban J connectivity index is 2.10. The van der Waals surface area contributed by atoms with Crippen LogP contribution >= 0.6 is 11.3 Å². The Hall–Kier alpha value is -1.81. The minimum absolute atomic E-state index is 0.0416. The van der Waals surface area contributed by atoms with Crippen molar-refractivity contribution in [1.82, 2.24) is 0 Å². The van der Waals surface area contributed by atoms with Crippen LogP contribution in [0.1, 0.15) is 15.2 Å². The number of hydrogen-bond acceptors (Lipinski definition) is 3. The van der Waals surface area contributed by atoms with E-state index < -0.39 is 0 Å². The normalized spacial score (nSPS) is 10.2. The van der Waals surface area contributed by atoms with Crippen molar-refractivity contribution in [3.63, 3.8) is 0 Å². The molecular formula is C14H16N2OS. The minimum atomic E-state index is -0.0416. The Morgan fingerprint density at radius 3 is 2.33 bits per heavy atom. The van der Waals surface area contributed by atoms with Gasteiger partial charge in [0.2, 0.25) is 0 Å². The van der Waals surface area contributed by atoms with E-state index >= 15 is 0 Å². The molecule has 94 valence electrons. The van der Waals surface area contributed by atoms with Crippen molar-refractivity contribution in [2.75, 3.05) is 24.3 Å². The summed E-state index contributed by atoms with van der Waals surface area (Å²) in [7, 11) is 3.98. The molecule has 0 saturated carbocycles. The fourth-order valence-electron chi connectivity index (χ4n) is 1.64. The zero-order chi connectivity index (χ0) is 13.1. The van der Waals surface area contributed by atoms with Gasteiger partial charge in [0.1, 0.15) is 0 Å². The zero-order valence-electron chi connectivity index (χ0n) is 10.7. The van der Waals surface area contributed by atoms with Crippen LogP contribution in [0.5, 0.6) is 0 Å². The second kappa shape index (κ2) is 5.23. The van der Waals surface area contributed by atoms with Gasteiger partial charge in [0.15, 0.2) is 0 Å². The number of aryl methyl sites for hydroxylation is 1. The molecule has 0 aliphatic carbocycles. The summed E-state index contributed by atoms with van der Waals surface area (Å²) in [6, 6.07) is 9.74. The van der Waals surface area contributed by atoms with Gasteiger partial charge in [-0.15, -0.1) is 11.3 Å². The first-order valence-electron chi connectivity index (χ1n) is 5.71. The lowest BCUT2D eigenvalue weighted by molar-refractivity contribution is 0.103. The molecule has 1 heterocycles. The van der Waals surface area contributed by atoms with Gasteiger partial charge < -0.3 is 10.2 Å². The van der Waals surface area contributed by atoms with Gasteiger partial charge in [-0.25, -0.2) is 0 Å². The Bertz CT molecular complexity index is 543. The fourth-order valence-corrected chi connectivity index (χ4v) is 2.46. The number of thiophene rings is 1. The van der Waals surface area contributed by atoms with E-state index in [0.29, 0.717) is 0 Å². The average Bonchev–Trinajstić information content (AvgIpc) is 2.76. The summed E-state index contributed by atoms with van der Waals surface area (Å²) in [4.78, 5) is 14.8. The van der Waals surface area contributed by atoms with E-state index in [2.05, 4.69) is 5.32 Å². The van der Waals surface area contributed by atoms with E-state index in [9.17, 15) is 4.79 Å². The van der Waals surface area contributed by atoms with Crippen molar-refractivity contribution < 1.29 is 4.79 Å². The monoisotopic (exact) mass is 260 g/mol. The Labute approximate surface area is 111 Å². The molecule has 0 atom stereocenters. The van der Waals surface area contributed by atoms with E-state index in [1.54, 1.807) is 0 Å². The number of benzene rings is 1. The third kappa shape index (κ3) is 2.71. The van der Waals surface area contributed by atoms with Gasteiger partial charge in [-0.3, -0.25) is 4.79 Å². The van der Waals surface area contributed by atoms with Crippen molar-refractivity contribution in [1.29, 1.82) is 0 Å². The first kappa shape index (κ1) is 12.6. The van der Waals surface area contributed by atoms with Gasteiger partial charge in [-0.05, 0) is 48.2 Å². The number of amides is 1. The summed E-state index contributed by atoms with van der Waals surface area (Å²) in [6.45, 7) is 1.94. The number of rotatable bonds is 3. The topological polar surface area (TPSA) is 32.3 Å². The predicted molar refractivity (Wildman–Crippen MR) is 77.8 cm³/mol. The number of anilines is 2. The summed E-state index contributed by atoms with van der Waals surface area (Å²) in [5.74, 6) is -0.0416. The van der Waals surface area contributed by atoms with Gasteiger partial charge >= 0.3 is 0 Å². The summed E-state index contributed by atoms with van der Waals surface area (Å²) < 4.78 is 0. The van der Waals surface area contributed by atoms with Crippen molar-refractivity contribution in [2.45, 2.75) is 6.92 Å². The van der Waals surface area contributed by atoms with E-state index in [1.807, 2.05) is 61.6 Å². The number of nitrogens with zero attached hydrogens (tertiary/aromatic N) is 1. The molecule has 1 N–H and O–H groups in total. The van der Waals surface area contributed by atoms with Crippen LogP contribution in [0.2, 0.25) is 0 Å². The third-order valence-electron chi connectivity index (χ3n) is 2.71. The van der Waals surface area contributed by atoms with Gasteiger partial charge in [0.25, 0.3) is 5.91 Å². The highest BCUT2D eigenvalue weighted by Crippen LogP contribution is 2.19. The lowest BCUT2D eigenvalue weighted by atomic mass is 10.2. The highest BCUT2D eigenvalue weighted by molar-refractivity contribution is 7.12. The maximum Gasteiger partial charge on any atom is 0.265 e. The Kier molecular flexibility index (Phi) is 3.67. The van der Waals surface area contributed by atoms with Gasteiger partial charge in [-0.2, -0.15) is 0 Å². The standard InChI is InChI=1S/C14H16N2OS/c1-10-8-9-18-13(10)14(17)15-11-4-6-12(7-5-11)16(2)3/h4-9H,1-3H3,(H,15,17). The lowest BCUT2D eigenvalue weighted by Gasteiger charge is -2.13. The first-order valence-corrected chi connectivity index (χ1v) is 6.59. The largest absolute Gasteiger partial charge is 0.378 e. The molecule has 2 rings (SSSR count). The van der Waals surface area contributed by atoms with Crippen molar-refractivity contribution in [2.24, 2.45) is 0 Å². The number of carbonyl (C=O) groups is 1. The summed E-state index contributed by atoms with van der Waals surface area (Å²) in [5.41, 5.74) is 2.95. The van der Waals surface area contributed by atoms with Crippen LogP contribution in [0.3, 0.4) is 0 Å². The van der Waals surface area contributed by atoms with Crippen molar-refractivity contribution in [3.8, 4) is 0 Å². The molecule has 0 fully saturated rings. The molecule has 0 bridgehead atoms. The fraction of sp³-hybridized carbons (Fsp3) is 0.214.